The molecule has 98 valence electrons. The summed E-state index contributed by atoms with van der Waals surface area (Å²) < 4.78 is 9.18. The molecule has 0 spiro atoms. The van der Waals surface area contributed by atoms with E-state index in [-0.39, 0.29) is 0 Å². The fourth-order valence-electron chi connectivity index (χ4n) is 1.44. The van der Waals surface area contributed by atoms with Gasteiger partial charge in [0.15, 0.2) is 5.92 Å². The van der Waals surface area contributed by atoms with Crippen molar-refractivity contribution in [3.8, 4) is 0 Å². The van der Waals surface area contributed by atoms with Crippen molar-refractivity contribution >= 4 is 11.9 Å². The predicted molar refractivity (Wildman–Crippen MR) is 65.4 cm³/mol. The smallest absolute Gasteiger partial charge is 0.320 e. The summed E-state index contributed by atoms with van der Waals surface area (Å²) in [5.41, 5.74) is 2.57. The highest BCUT2D eigenvalue weighted by Gasteiger charge is 2.27. The van der Waals surface area contributed by atoms with Gasteiger partial charge in [0, 0.05) is 0 Å². The van der Waals surface area contributed by atoms with E-state index in [0.29, 0.717) is 6.42 Å². The van der Waals surface area contributed by atoms with Crippen LogP contribution in [0.1, 0.15) is 40.0 Å². The van der Waals surface area contributed by atoms with Gasteiger partial charge in [-0.1, -0.05) is 11.1 Å². The van der Waals surface area contributed by atoms with Crippen LogP contribution in [0.25, 0.3) is 0 Å². The highest BCUT2D eigenvalue weighted by molar-refractivity contribution is 5.94. The summed E-state index contributed by atoms with van der Waals surface area (Å²) in [6, 6.07) is 0. The van der Waals surface area contributed by atoms with Crippen LogP contribution in [0.2, 0.25) is 0 Å². The Hall–Kier alpha value is -1.32. The van der Waals surface area contributed by atoms with E-state index in [1.165, 1.54) is 25.4 Å². The first kappa shape index (κ1) is 15.7. The first-order valence-corrected chi connectivity index (χ1v) is 5.72. The van der Waals surface area contributed by atoms with E-state index >= 15 is 0 Å². The van der Waals surface area contributed by atoms with Crippen LogP contribution in [-0.4, -0.2) is 26.2 Å². The van der Waals surface area contributed by atoms with Gasteiger partial charge in [0.25, 0.3) is 0 Å². The fraction of sp³-hybridized carbons (Fsp3) is 0.692. The van der Waals surface area contributed by atoms with Crippen LogP contribution in [0.5, 0.6) is 0 Å². The number of hydrogen-bond donors (Lipinski definition) is 0. The molecule has 0 fully saturated rings. The lowest BCUT2D eigenvalue weighted by molar-refractivity contribution is -0.159. The van der Waals surface area contributed by atoms with Gasteiger partial charge < -0.3 is 9.47 Å². The minimum absolute atomic E-state index is 0.462. The summed E-state index contributed by atoms with van der Waals surface area (Å²) in [7, 11) is 2.55. The lowest BCUT2D eigenvalue weighted by atomic mass is 9.98. The zero-order valence-corrected chi connectivity index (χ0v) is 11.3. The van der Waals surface area contributed by atoms with Crippen molar-refractivity contribution in [1.82, 2.24) is 0 Å². The van der Waals surface area contributed by atoms with Gasteiger partial charge >= 0.3 is 11.9 Å². The molecule has 0 aromatic heterocycles. The van der Waals surface area contributed by atoms with Crippen molar-refractivity contribution in [2.75, 3.05) is 14.2 Å². The van der Waals surface area contributed by atoms with Crippen molar-refractivity contribution in [3.63, 3.8) is 0 Å². The SMILES string of the molecule is COC(=O)C(CCCC(C)=C(C)C)C(=O)OC. The standard InChI is InChI=1S/C13H22O4/c1-9(2)10(3)7-6-8-11(12(14)16-4)13(15)17-5/h11H,6-8H2,1-5H3. The molecule has 0 saturated heterocycles. The summed E-state index contributed by atoms with van der Waals surface area (Å²) in [5.74, 6) is -1.84. The van der Waals surface area contributed by atoms with Crippen molar-refractivity contribution < 1.29 is 19.1 Å². The van der Waals surface area contributed by atoms with Gasteiger partial charge in [-0.25, -0.2) is 0 Å². The number of carbonyl (C=O) groups is 2. The number of carbonyl (C=O) groups excluding carboxylic acids is 2. The molecule has 0 aliphatic heterocycles. The first-order chi connectivity index (χ1) is 7.93. The molecule has 0 aromatic rings. The number of ether oxygens (including phenoxy) is 2. The Balaban J connectivity index is 4.33. The van der Waals surface area contributed by atoms with E-state index in [2.05, 4.69) is 16.4 Å². The maximum absolute atomic E-state index is 11.4. The number of allylic oxidation sites excluding steroid dienone is 2. The molecule has 0 aliphatic rings. The Morgan fingerprint density at radius 1 is 1.00 bits per heavy atom. The van der Waals surface area contributed by atoms with E-state index in [0.717, 1.165) is 12.8 Å². The van der Waals surface area contributed by atoms with E-state index in [1.807, 2.05) is 13.8 Å². The molecule has 0 amide bonds. The molecule has 0 heterocycles. The lowest BCUT2D eigenvalue weighted by Crippen LogP contribution is -2.26. The number of hydrogen-bond acceptors (Lipinski definition) is 4. The monoisotopic (exact) mass is 242 g/mol. The van der Waals surface area contributed by atoms with Gasteiger partial charge in [0.1, 0.15) is 0 Å². The average Bonchev–Trinajstić information content (AvgIpc) is 2.32. The summed E-state index contributed by atoms with van der Waals surface area (Å²) in [5, 5.41) is 0. The minimum atomic E-state index is -0.796. The van der Waals surface area contributed by atoms with Gasteiger partial charge in [-0.3, -0.25) is 9.59 Å². The molecule has 0 atom stereocenters. The Morgan fingerprint density at radius 2 is 1.47 bits per heavy atom. The van der Waals surface area contributed by atoms with Gasteiger partial charge in [-0.05, 0) is 40.0 Å². The molecule has 0 rings (SSSR count). The van der Waals surface area contributed by atoms with Crippen molar-refractivity contribution in [1.29, 1.82) is 0 Å². The highest BCUT2D eigenvalue weighted by Crippen LogP contribution is 2.17. The van der Waals surface area contributed by atoms with Crippen LogP contribution in [-0.2, 0) is 19.1 Å². The Morgan fingerprint density at radius 3 is 1.82 bits per heavy atom. The zero-order chi connectivity index (χ0) is 13.4. The topological polar surface area (TPSA) is 52.6 Å². The molecule has 0 saturated carbocycles. The third kappa shape index (κ3) is 5.52. The number of rotatable bonds is 6. The molecule has 0 N–H and O–H groups in total. The summed E-state index contributed by atoms with van der Waals surface area (Å²) in [6.45, 7) is 6.15. The van der Waals surface area contributed by atoms with Crippen LogP contribution in [0.15, 0.2) is 11.1 Å². The fourth-order valence-corrected chi connectivity index (χ4v) is 1.44. The van der Waals surface area contributed by atoms with Crippen molar-refractivity contribution in [2.24, 2.45) is 5.92 Å². The molecular weight excluding hydrogens is 220 g/mol. The molecule has 0 radical (unpaired) electrons. The van der Waals surface area contributed by atoms with E-state index < -0.39 is 17.9 Å². The van der Waals surface area contributed by atoms with Crippen LogP contribution in [0.4, 0.5) is 0 Å². The van der Waals surface area contributed by atoms with Gasteiger partial charge in [-0.15, -0.1) is 0 Å². The van der Waals surface area contributed by atoms with Crippen LogP contribution < -0.4 is 0 Å². The van der Waals surface area contributed by atoms with Crippen LogP contribution >= 0.6 is 0 Å². The van der Waals surface area contributed by atoms with Crippen LogP contribution in [0, 0.1) is 5.92 Å². The second-order valence-electron chi connectivity index (χ2n) is 4.27. The number of esters is 2. The molecular formula is C13H22O4. The minimum Gasteiger partial charge on any atom is -0.468 e. The molecule has 0 aliphatic carbocycles. The molecule has 0 bridgehead atoms. The second-order valence-corrected chi connectivity index (χ2v) is 4.27. The first-order valence-electron chi connectivity index (χ1n) is 5.72. The third-order valence-corrected chi connectivity index (χ3v) is 2.87. The molecule has 4 nitrogen and oxygen atoms in total. The predicted octanol–water partition coefficient (Wildman–Crippen LogP) is 2.48. The Kier molecular flexibility index (Phi) is 7.26. The second kappa shape index (κ2) is 7.87. The van der Waals surface area contributed by atoms with E-state index in [9.17, 15) is 9.59 Å². The maximum atomic E-state index is 11.4. The molecule has 0 unspecified atom stereocenters. The maximum Gasteiger partial charge on any atom is 0.320 e. The van der Waals surface area contributed by atoms with Gasteiger partial charge in [0.05, 0.1) is 14.2 Å². The van der Waals surface area contributed by atoms with Gasteiger partial charge in [0.2, 0.25) is 0 Å². The Bertz CT molecular complexity index is 285. The normalized spacial score (nSPS) is 10.0. The molecule has 4 heteroatoms. The summed E-state index contributed by atoms with van der Waals surface area (Å²) in [4.78, 5) is 22.8. The number of methoxy groups -OCH3 is 2. The summed E-state index contributed by atoms with van der Waals surface area (Å²) >= 11 is 0. The zero-order valence-electron chi connectivity index (χ0n) is 11.3. The highest BCUT2D eigenvalue weighted by atomic mass is 16.5. The average molecular weight is 242 g/mol. The van der Waals surface area contributed by atoms with E-state index in [1.54, 1.807) is 0 Å². The van der Waals surface area contributed by atoms with Crippen molar-refractivity contribution in [3.05, 3.63) is 11.1 Å². The van der Waals surface area contributed by atoms with Gasteiger partial charge in [-0.2, -0.15) is 0 Å². The molecule has 0 aromatic carbocycles. The third-order valence-electron chi connectivity index (χ3n) is 2.87. The van der Waals surface area contributed by atoms with Crippen LogP contribution in [0.3, 0.4) is 0 Å². The largest absolute Gasteiger partial charge is 0.468 e. The molecule has 17 heavy (non-hydrogen) atoms. The van der Waals surface area contributed by atoms with E-state index in [4.69, 9.17) is 0 Å². The summed E-state index contributed by atoms with van der Waals surface area (Å²) in [6.07, 6.45) is 2.11. The van der Waals surface area contributed by atoms with Crippen molar-refractivity contribution in [2.45, 2.75) is 40.0 Å². The quantitative estimate of drug-likeness (QED) is 0.408. The lowest BCUT2D eigenvalue weighted by Gasteiger charge is -2.12. The Labute approximate surface area is 103 Å².